The molecule has 2 aliphatic rings. The minimum Gasteiger partial charge on any atom is -0.330 e. The highest BCUT2D eigenvalue weighted by Crippen LogP contribution is 2.32. The molecular weight excluding hydrogens is 150 g/mol. The van der Waals surface area contributed by atoms with Crippen LogP contribution >= 0.6 is 0 Å². The summed E-state index contributed by atoms with van der Waals surface area (Å²) in [7, 11) is 0. The Hall–Kier alpha value is -0.570. The first-order chi connectivity index (χ1) is 5.92. The molecule has 1 heterocycles. The van der Waals surface area contributed by atoms with Gasteiger partial charge in [0.15, 0.2) is 0 Å². The van der Waals surface area contributed by atoms with Crippen LogP contribution in [0.3, 0.4) is 0 Å². The molecule has 68 valence electrons. The first-order valence-corrected chi connectivity index (χ1v) is 4.90. The Labute approximate surface area is 73.4 Å². The molecule has 0 bridgehead atoms. The van der Waals surface area contributed by atoms with Gasteiger partial charge in [-0.1, -0.05) is 6.42 Å². The van der Waals surface area contributed by atoms with Gasteiger partial charge in [-0.2, -0.15) is 5.10 Å². The Morgan fingerprint density at radius 3 is 3.25 bits per heavy atom. The fourth-order valence-electron chi connectivity index (χ4n) is 2.46. The largest absolute Gasteiger partial charge is 0.330 e. The van der Waals surface area contributed by atoms with Gasteiger partial charge in [-0.15, -0.1) is 0 Å². The second-order valence-corrected chi connectivity index (χ2v) is 3.87. The molecule has 1 saturated carbocycles. The van der Waals surface area contributed by atoms with Crippen LogP contribution in [0.5, 0.6) is 0 Å². The number of nitrogens with zero attached hydrogens (tertiary/aromatic N) is 1. The lowest BCUT2D eigenvalue weighted by Crippen LogP contribution is -2.39. The molecule has 0 aromatic rings. The fraction of sp³-hybridized carbons (Fsp3) is 0.889. The monoisotopic (exact) mass is 167 g/mol. The van der Waals surface area contributed by atoms with Gasteiger partial charge in [0.25, 0.3) is 0 Å². The number of nitrogens with two attached hydrogens (primary N) is 1. The van der Waals surface area contributed by atoms with E-state index in [-0.39, 0.29) is 0 Å². The van der Waals surface area contributed by atoms with Gasteiger partial charge in [0.2, 0.25) is 0 Å². The van der Waals surface area contributed by atoms with E-state index in [1.54, 1.807) is 0 Å². The van der Waals surface area contributed by atoms with E-state index in [9.17, 15) is 0 Å². The van der Waals surface area contributed by atoms with E-state index in [0.717, 1.165) is 18.9 Å². The van der Waals surface area contributed by atoms with E-state index in [0.29, 0.717) is 12.0 Å². The minimum atomic E-state index is 0.599. The van der Waals surface area contributed by atoms with E-state index in [1.165, 1.54) is 19.3 Å². The molecule has 0 radical (unpaired) electrons. The Bertz CT molecular complexity index is 177. The van der Waals surface area contributed by atoms with E-state index >= 15 is 0 Å². The zero-order valence-electron chi connectivity index (χ0n) is 7.37. The van der Waals surface area contributed by atoms with Crippen LogP contribution in [0.1, 0.15) is 25.7 Å². The van der Waals surface area contributed by atoms with Crippen molar-refractivity contribution in [2.75, 3.05) is 6.54 Å². The van der Waals surface area contributed by atoms with Crippen molar-refractivity contribution in [2.45, 2.75) is 31.7 Å². The first-order valence-electron chi connectivity index (χ1n) is 4.90. The number of hydrogen-bond acceptors (Lipinski definition) is 3. The summed E-state index contributed by atoms with van der Waals surface area (Å²) < 4.78 is 0. The summed E-state index contributed by atoms with van der Waals surface area (Å²) in [5, 5.41) is 4.14. The Balaban J connectivity index is 1.96. The number of nitrogens with one attached hydrogen (secondary N) is 1. The Morgan fingerprint density at radius 2 is 2.42 bits per heavy atom. The molecule has 1 fully saturated rings. The molecule has 0 aromatic heterocycles. The summed E-state index contributed by atoms with van der Waals surface area (Å²) in [5.41, 5.74) is 8.78. The molecule has 1 aliphatic heterocycles. The highest BCUT2D eigenvalue weighted by Gasteiger charge is 2.34. The van der Waals surface area contributed by atoms with Crippen molar-refractivity contribution in [2.24, 2.45) is 22.7 Å². The van der Waals surface area contributed by atoms with Gasteiger partial charge in [0, 0.05) is 12.1 Å². The molecule has 3 nitrogen and oxygen atoms in total. The zero-order valence-corrected chi connectivity index (χ0v) is 7.37. The Kier molecular flexibility index (Phi) is 2.30. The van der Waals surface area contributed by atoms with Crippen LogP contribution in [0.2, 0.25) is 0 Å². The zero-order chi connectivity index (χ0) is 8.39. The molecule has 1 aliphatic carbocycles. The molecule has 0 amide bonds. The first kappa shape index (κ1) is 8.05. The van der Waals surface area contributed by atoms with E-state index in [4.69, 9.17) is 5.73 Å². The van der Waals surface area contributed by atoms with Crippen molar-refractivity contribution in [3.05, 3.63) is 0 Å². The van der Waals surface area contributed by atoms with Crippen LogP contribution in [0.15, 0.2) is 5.10 Å². The van der Waals surface area contributed by atoms with Crippen molar-refractivity contribution in [3.63, 3.8) is 0 Å². The molecule has 3 atom stereocenters. The fourth-order valence-corrected chi connectivity index (χ4v) is 2.46. The molecule has 2 rings (SSSR count). The topological polar surface area (TPSA) is 50.4 Å². The summed E-state index contributed by atoms with van der Waals surface area (Å²) in [6.45, 7) is 0.815. The second-order valence-electron chi connectivity index (χ2n) is 3.87. The summed E-state index contributed by atoms with van der Waals surface area (Å²) in [5.74, 6) is 1.45. The second kappa shape index (κ2) is 3.44. The SMILES string of the molecule is NCCC1CCCC2C=NNC21. The van der Waals surface area contributed by atoms with Crippen molar-refractivity contribution < 1.29 is 0 Å². The van der Waals surface area contributed by atoms with E-state index in [1.807, 2.05) is 0 Å². The van der Waals surface area contributed by atoms with Crippen LogP contribution in [-0.4, -0.2) is 18.8 Å². The number of rotatable bonds is 2. The van der Waals surface area contributed by atoms with Crippen molar-refractivity contribution >= 4 is 6.21 Å². The third-order valence-electron chi connectivity index (χ3n) is 3.11. The number of fused-ring (bicyclic) bond motifs is 1. The van der Waals surface area contributed by atoms with Gasteiger partial charge >= 0.3 is 0 Å². The minimum absolute atomic E-state index is 0.599. The normalized spacial score (nSPS) is 39.2. The van der Waals surface area contributed by atoms with Gasteiger partial charge < -0.3 is 11.2 Å². The number of hydrogen-bond donors (Lipinski definition) is 2. The van der Waals surface area contributed by atoms with Crippen LogP contribution < -0.4 is 11.2 Å². The Morgan fingerprint density at radius 1 is 1.50 bits per heavy atom. The van der Waals surface area contributed by atoms with Gasteiger partial charge in [-0.25, -0.2) is 0 Å². The summed E-state index contributed by atoms with van der Waals surface area (Å²) >= 11 is 0. The van der Waals surface area contributed by atoms with Crippen LogP contribution in [0, 0.1) is 11.8 Å². The quantitative estimate of drug-likeness (QED) is 0.636. The van der Waals surface area contributed by atoms with E-state index < -0.39 is 0 Å². The lowest BCUT2D eigenvalue weighted by molar-refractivity contribution is 0.237. The number of hydrazone groups is 1. The molecule has 0 spiro atoms. The van der Waals surface area contributed by atoms with Crippen LogP contribution in [0.4, 0.5) is 0 Å². The van der Waals surface area contributed by atoms with E-state index in [2.05, 4.69) is 16.7 Å². The summed E-state index contributed by atoms with van der Waals surface area (Å²) in [4.78, 5) is 0. The maximum Gasteiger partial charge on any atom is 0.0546 e. The maximum absolute atomic E-state index is 5.57. The summed E-state index contributed by atoms with van der Waals surface area (Å²) in [6.07, 6.45) is 7.21. The smallest absolute Gasteiger partial charge is 0.0546 e. The van der Waals surface area contributed by atoms with Crippen LogP contribution in [-0.2, 0) is 0 Å². The molecular formula is C9H17N3. The average molecular weight is 167 g/mol. The van der Waals surface area contributed by atoms with Crippen LogP contribution in [0.25, 0.3) is 0 Å². The molecule has 3 heteroatoms. The third kappa shape index (κ3) is 1.33. The molecule has 3 N–H and O–H groups in total. The lowest BCUT2D eigenvalue weighted by atomic mass is 9.77. The third-order valence-corrected chi connectivity index (χ3v) is 3.11. The van der Waals surface area contributed by atoms with Gasteiger partial charge in [-0.05, 0) is 31.7 Å². The van der Waals surface area contributed by atoms with Crippen molar-refractivity contribution in [1.82, 2.24) is 5.43 Å². The van der Waals surface area contributed by atoms with Gasteiger partial charge in [0.1, 0.15) is 0 Å². The maximum atomic E-state index is 5.57. The average Bonchev–Trinajstić information content (AvgIpc) is 2.53. The predicted molar refractivity (Wildman–Crippen MR) is 49.9 cm³/mol. The van der Waals surface area contributed by atoms with Gasteiger partial charge in [-0.3, -0.25) is 0 Å². The highest BCUT2D eigenvalue weighted by molar-refractivity contribution is 5.63. The molecule has 0 aromatic carbocycles. The van der Waals surface area contributed by atoms with Crippen molar-refractivity contribution in [1.29, 1.82) is 0 Å². The molecule has 3 unspecified atom stereocenters. The molecule has 12 heavy (non-hydrogen) atoms. The highest BCUT2D eigenvalue weighted by atomic mass is 15.3. The lowest BCUT2D eigenvalue weighted by Gasteiger charge is -2.32. The summed E-state index contributed by atoms with van der Waals surface area (Å²) in [6, 6.07) is 0.599. The van der Waals surface area contributed by atoms with Crippen molar-refractivity contribution in [3.8, 4) is 0 Å². The predicted octanol–water partition coefficient (Wildman–Crippen LogP) is 0.709. The van der Waals surface area contributed by atoms with Gasteiger partial charge in [0.05, 0.1) is 6.04 Å². The molecule has 0 saturated heterocycles. The standard InChI is InChI=1S/C9H17N3/c10-5-4-7-2-1-3-8-6-11-12-9(7)8/h6-9,12H,1-5,10H2.